The van der Waals surface area contributed by atoms with Gasteiger partial charge in [0, 0.05) is 36.9 Å². The Morgan fingerprint density at radius 1 is 1.11 bits per heavy atom. The summed E-state index contributed by atoms with van der Waals surface area (Å²) in [5.41, 5.74) is 7.47. The van der Waals surface area contributed by atoms with Crippen LogP contribution >= 0.6 is 11.6 Å². The van der Waals surface area contributed by atoms with Crippen LogP contribution in [0.5, 0.6) is 11.5 Å². The maximum Gasteiger partial charge on any atom is 0.151 e. The van der Waals surface area contributed by atoms with Crippen molar-refractivity contribution in [2.45, 2.75) is 0 Å². The third-order valence-electron chi connectivity index (χ3n) is 2.54. The predicted molar refractivity (Wildman–Crippen MR) is 76.7 cm³/mol. The lowest BCUT2D eigenvalue weighted by atomic mass is 10.2. The van der Waals surface area contributed by atoms with Crippen molar-refractivity contribution >= 4 is 23.0 Å². The molecule has 18 heavy (non-hydrogen) atoms. The van der Waals surface area contributed by atoms with E-state index < -0.39 is 0 Å². The Labute approximate surface area is 112 Å². The summed E-state index contributed by atoms with van der Waals surface area (Å²) in [5, 5.41) is 0.600. The highest BCUT2D eigenvalue weighted by molar-refractivity contribution is 6.30. The van der Waals surface area contributed by atoms with Crippen LogP contribution in [0.4, 0.5) is 11.4 Å². The molecule has 0 aromatic heterocycles. The van der Waals surface area contributed by atoms with Gasteiger partial charge in [-0.05, 0) is 24.3 Å². The molecule has 2 N–H and O–H groups in total. The number of nitrogens with zero attached hydrogens (tertiary/aromatic N) is 1. The second kappa shape index (κ2) is 5.19. The molecule has 94 valence electrons. The number of hydrogen-bond donors (Lipinski definition) is 1. The fourth-order valence-electron chi connectivity index (χ4n) is 1.55. The first-order valence-corrected chi connectivity index (χ1v) is 5.94. The lowest BCUT2D eigenvalue weighted by molar-refractivity contribution is 0.485. The van der Waals surface area contributed by atoms with Gasteiger partial charge < -0.3 is 15.4 Å². The van der Waals surface area contributed by atoms with Crippen LogP contribution in [0.1, 0.15) is 0 Å². The molecule has 0 aliphatic heterocycles. The molecule has 0 saturated carbocycles. The van der Waals surface area contributed by atoms with Gasteiger partial charge in [0.25, 0.3) is 0 Å². The summed E-state index contributed by atoms with van der Waals surface area (Å²) in [7, 11) is 3.96. The topological polar surface area (TPSA) is 38.5 Å². The van der Waals surface area contributed by atoms with Gasteiger partial charge in [0.15, 0.2) is 5.75 Å². The molecular weight excluding hydrogens is 248 g/mol. The van der Waals surface area contributed by atoms with Gasteiger partial charge >= 0.3 is 0 Å². The number of ether oxygens (including phenoxy) is 1. The number of benzene rings is 2. The summed E-state index contributed by atoms with van der Waals surface area (Å²) in [5.74, 6) is 1.30. The molecule has 0 radical (unpaired) electrons. The molecule has 3 nitrogen and oxygen atoms in total. The number of halogens is 1. The summed E-state index contributed by atoms with van der Waals surface area (Å²) in [6.07, 6.45) is 0. The lowest BCUT2D eigenvalue weighted by Gasteiger charge is -2.14. The summed E-state index contributed by atoms with van der Waals surface area (Å²) in [6, 6.07) is 12.9. The van der Waals surface area contributed by atoms with E-state index in [-0.39, 0.29) is 0 Å². The number of hydrogen-bond acceptors (Lipinski definition) is 3. The number of nitrogens with two attached hydrogens (primary N) is 1. The standard InChI is InChI=1S/C14H15ClN2O/c1-17(2)11-4-3-5-12(9-11)18-14-8-10(15)6-7-13(14)16/h3-9H,16H2,1-2H3. The Morgan fingerprint density at radius 2 is 1.89 bits per heavy atom. The van der Waals surface area contributed by atoms with Crippen molar-refractivity contribution in [3.8, 4) is 11.5 Å². The van der Waals surface area contributed by atoms with Crippen LogP contribution in [0.25, 0.3) is 0 Å². The molecular formula is C14H15ClN2O. The quantitative estimate of drug-likeness (QED) is 0.856. The third-order valence-corrected chi connectivity index (χ3v) is 2.77. The molecule has 0 aliphatic rings. The van der Waals surface area contributed by atoms with Crippen molar-refractivity contribution in [2.24, 2.45) is 0 Å². The fourth-order valence-corrected chi connectivity index (χ4v) is 1.71. The van der Waals surface area contributed by atoms with Gasteiger partial charge in [0.05, 0.1) is 5.69 Å². The summed E-state index contributed by atoms with van der Waals surface area (Å²) < 4.78 is 5.74. The Kier molecular flexibility index (Phi) is 3.63. The second-order valence-corrected chi connectivity index (χ2v) is 4.61. The van der Waals surface area contributed by atoms with Gasteiger partial charge in [-0.3, -0.25) is 0 Å². The van der Waals surface area contributed by atoms with E-state index in [0.717, 1.165) is 11.4 Å². The largest absolute Gasteiger partial charge is 0.455 e. The van der Waals surface area contributed by atoms with E-state index in [9.17, 15) is 0 Å². The van der Waals surface area contributed by atoms with Crippen molar-refractivity contribution in [3.63, 3.8) is 0 Å². The van der Waals surface area contributed by atoms with Gasteiger partial charge in [0.2, 0.25) is 0 Å². The highest BCUT2D eigenvalue weighted by Crippen LogP contribution is 2.31. The van der Waals surface area contributed by atoms with Gasteiger partial charge in [-0.1, -0.05) is 17.7 Å². The van der Waals surface area contributed by atoms with Crippen LogP contribution in [0, 0.1) is 0 Å². The first-order chi connectivity index (χ1) is 8.56. The molecule has 0 aliphatic carbocycles. The van der Waals surface area contributed by atoms with E-state index in [0.29, 0.717) is 16.5 Å². The zero-order chi connectivity index (χ0) is 13.1. The predicted octanol–water partition coefficient (Wildman–Crippen LogP) is 3.78. The van der Waals surface area contributed by atoms with E-state index in [4.69, 9.17) is 22.1 Å². The average molecular weight is 263 g/mol. The Bertz CT molecular complexity index is 555. The highest BCUT2D eigenvalue weighted by atomic mass is 35.5. The smallest absolute Gasteiger partial charge is 0.151 e. The van der Waals surface area contributed by atoms with Gasteiger partial charge in [0.1, 0.15) is 5.75 Å². The molecule has 2 rings (SSSR count). The van der Waals surface area contributed by atoms with Crippen LogP contribution in [-0.4, -0.2) is 14.1 Å². The molecule has 0 unspecified atom stereocenters. The monoisotopic (exact) mass is 262 g/mol. The van der Waals surface area contributed by atoms with Crippen molar-refractivity contribution < 1.29 is 4.74 Å². The van der Waals surface area contributed by atoms with Crippen LogP contribution in [0.2, 0.25) is 5.02 Å². The number of rotatable bonds is 3. The minimum absolute atomic E-state index is 0.564. The minimum atomic E-state index is 0.564. The van der Waals surface area contributed by atoms with Crippen molar-refractivity contribution in [2.75, 3.05) is 24.7 Å². The van der Waals surface area contributed by atoms with Gasteiger partial charge in [-0.2, -0.15) is 0 Å². The summed E-state index contributed by atoms with van der Waals surface area (Å²) in [4.78, 5) is 2.01. The highest BCUT2D eigenvalue weighted by Gasteiger charge is 2.04. The van der Waals surface area contributed by atoms with E-state index in [1.807, 2.05) is 43.3 Å². The molecule has 0 fully saturated rings. The first kappa shape index (κ1) is 12.6. The van der Waals surface area contributed by atoms with E-state index in [2.05, 4.69) is 0 Å². The summed E-state index contributed by atoms with van der Waals surface area (Å²) in [6.45, 7) is 0. The number of anilines is 2. The molecule has 0 atom stereocenters. The van der Waals surface area contributed by atoms with Gasteiger partial charge in [-0.15, -0.1) is 0 Å². The SMILES string of the molecule is CN(C)c1cccc(Oc2cc(Cl)ccc2N)c1. The molecule has 0 heterocycles. The maximum atomic E-state index is 5.92. The zero-order valence-corrected chi connectivity index (χ0v) is 11.1. The van der Waals surface area contributed by atoms with E-state index in [1.54, 1.807) is 18.2 Å². The zero-order valence-electron chi connectivity index (χ0n) is 10.4. The molecule has 4 heteroatoms. The Balaban J connectivity index is 2.28. The Hall–Kier alpha value is -1.87. The molecule has 2 aromatic rings. The van der Waals surface area contributed by atoms with Crippen LogP contribution < -0.4 is 15.4 Å². The molecule has 0 spiro atoms. The lowest BCUT2D eigenvalue weighted by Crippen LogP contribution is -2.08. The molecule has 0 saturated heterocycles. The average Bonchev–Trinajstić information content (AvgIpc) is 2.34. The third kappa shape index (κ3) is 2.87. The first-order valence-electron chi connectivity index (χ1n) is 5.56. The van der Waals surface area contributed by atoms with E-state index >= 15 is 0 Å². The van der Waals surface area contributed by atoms with Crippen molar-refractivity contribution in [1.29, 1.82) is 0 Å². The molecule has 0 amide bonds. The van der Waals surface area contributed by atoms with Gasteiger partial charge in [-0.25, -0.2) is 0 Å². The van der Waals surface area contributed by atoms with E-state index in [1.165, 1.54) is 0 Å². The fraction of sp³-hybridized carbons (Fsp3) is 0.143. The summed E-state index contributed by atoms with van der Waals surface area (Å²) >= 11 is 5.92. The number of nitrogen functional groups attached to an aromatic ring is 1. The minimum Gasteiger partial charge on any atom is -0.455 e. The normalized spacial score (nSPS) is 10.2. The van der Waals surface area contributed by atoms with Crippen molar-refractivity contribution in [3.05, 3.63) is 47.5 Å². The maximum absolute atomic E-state index is 5.92. The molecule has 2 aromatic carbocycles. The molecule has 0 bridgehead atoms. The second-order valence-electron chi connectivity index (χ2n) is 4.18. The van der Waals surface area contributed by atoms with Crippen molar-refractivity contribution in [1.82, 2.24) is 0 Å². The Morgan fingerprint density at radius 3 is 2.61 bits per heavy atom. The van der Waals surface area contributed by atoms with Crippen LogP contribution in [0.3, 0.4) is 0 Å². The van der Waals surface area contributed by atoms with Crippen LogP contribution in [-0.2, 0) is 0 Å². The van der Waals surface area contributed by atoms with Crippen LogP contribution in [0.15, 0.2) is 42.5 Å².